The SMILES string of the molecule is O=C(O)CN1CCN(c2cccc(OCc3ccc(Cl)cc3F)n2)[C@H]2COC[C@H]21. The van der Waals surface area contributed by atoms with Gasteiger partial charge in [-0.15, -0.1) is 0 Å². The molecule has 154 valence electrons. The fourth-order valence-corrected chi connectivity index (χ4v) is 3.99. The molecule has 1 aromatic heterocycles. The van der Waals surface area contributed by atoms with Gasteiger partial charge < -0.3 is 19.5 Å². The highest BCUT2D eigenvalue weighted by molar-refractivity contribution is 6.30. The van der Waals surface area contributed by atoms with E-state index < -0.39 is 11.8 Å². The van der Waals surface area contributed by atoms with Crippen LogP contribution in [0.5, 0.6) is 5.88 Å². The highest BCUT2D eigenvalue weighted by Gasteiger charge is 2.41. The summed E-state index contributed by atoms with van der Waals surface area (Å²) in [6, 6.07) is 9.94. The first-order valence-corrected chi connectivity index (χ1v) is 9.73. The van der Waals surface area contributed by atoms with E-state index in [9.17, 15) is 9.18 Å². The molecule has 0 spiro atoms. The number of carboxylic acids is 1. The molecule has 0 saturated carbocycles. The van der Waals surface area contributed by atoms with Crippen LogP contribution in [0, 0.1) is 5.82 Å². The van der Waals surface area contributed by atoms with Gasteiger partial charge in [0.2, 0.25) is 5.88 Å². The topological polar surface area (TPSA) is 75.1 Å². The van der Waals surface area contributed by atoms with Crippen molar-refractivity contribution < 1.29 is 23.8 Å². The van der Waals surface area contributed by atoms with E-state index in [-0.39, 0.29) is 25.2 Å². The van der Waals surface area contributed by atoms with E-state index in [0.717, 1.165) is 5.82 Å². The Hall–Kier alpha value is -2.42. The van der Waals surface area contributed by atoms with Crippen molar-refractivity contribution in [3.63, 3.8) is 0 Å². The normalized spacial score (nSPS) is 21.8. The summed E-state index contributed by atoms with van der Waals surface area (Å²) in [5.41, 5.74) is 0.396. The number of pyridine rings is 1. The lowest BCUT2D eigenvalue weighted by molar-refractivity contribution is -0.139. The second-order valence-electron chi connectivity index (χ2n) is 7.09. The molecule has 2 aliphatic rings. The molecule has 0 amide bonds. The van der Waals surface area contributed by atoms with Gasteiger partial charge in [0.05, 0.1) is 31.8 Å². The van der Waals surface area contributed by atoms with Gasteiger partial charge in [0, 0.05) is 29.7 Å². The maximum absolute atomic E-state index is 13.9. The van der Waals surface area contributed by atoms with E-state index in [1.54, 1.807) is 18.2 Å². The monoisotopic (exact) mass is 421 g/mol. The zero-order valence-electron chi connectivity index (χ0n) is 15.6. The minimum atomic E-state index is -0.841. The summed E-state index contributed by atoms with van der Waals surface area (Å²) in [6.45, 7) is 2.31. The molecule has 29 heavy (non-hydrogen) atoms. The molecule has 2 aliphatic heterocycles. The van der Waals surface area contributed by atoms with Gasteiger partial charge in [-0.1, -0.05) is 23.7 Å². The second-order valence-corrected chi connectivity index (χ2v) is 7.52. The fraction of sp³-hybridized carbons (Fsp3) is 0.400. The quantitative estimate of drug-likeness (QED) is 0.767. The zero-order chi connectivity index (χ0) is 20.4. The lowest BCUT2D eigenvalue weighted by atomic mass is 10.0. The number of carboxylic acid groups (broad SMARTS) is 1. The van der Waals surface area contributed by atoms with Crippen molar-refractivity contribution in [1.82, 2.24) is 9.88 Å². The predicted molar refractivity (Wildman–Crippen MR) is 105 cm³/mol. The molecule has 2 atom stereocenters. The Kier molecular flexibility index (Phi) is 5.84. The maximum Gasteiger partial charge on any atom is 0.317 e. The van der Waals surface area contributed by atoms with E-state index in [2.05, 4.69) is 9.88 Å². The lowest BCUT2D eigenvalue weighted by Gasteiger charge is -2.43. The van der Waals surface area contributed by atoms with Crippen molar-refractivity contribution in [2.45, 2.75) is 18.7 Å². The third kappa shape index (κ3) is 4.44. The summed E-state index contributed by atoms with van der Waals surface area (Å²) in [5.74, 6) is -0.143. The largest absolute Gasteiger partial charge is 0.480 e. The smallest absolute Gasteiger partial charge is 0.317 e. The number of anilines is 1. The first-order valence-electron chi connectivity index (χ1n) is 9.35. The molecule has 2 fully saturated rings. The Morgan fingerprint density at radius 2 is 2.10 bits per heavy atom. The van der Waals surface area contributed by atoms with E-state index >= 15 is 0 Å². The predicted octanol–water partition coefficient (Wildman–Crippen LogP) is 2.43. The van der Waals surface area contributed by atoms with Gasteiger partial charge >= 0.3 is 5.97 Å². The standard InChI is InChI=1S/C20H21ClFN3O4/c21-14-5-4-13(15(22)8-14)10-29-19-3-1-2-18(23-19)25-7-6-24(9-20(26)27)16-11-28-12-17(16)25/h1-5,8,16-17H,6-7,9-12H2,(H,26,27)/t16-,17+/m1/s1. The van der Waals surface area contributed by atoms with Crippen molar-refractivity contribution in [3.8, 4) is 5.88 Å². The van der Waals surface area contributed by atoms with Crippen molar-refractivity contribution in [2.75, 3.05) is 37.7 Å². The Morgan fingerprint density at radius 1 is 1.28 bits per heavy atom. The average molecular weight is 422 g/mol. The third-order valence-corrected chi connectivity index (χ3v) is 5.49. The van der Waals surface area contributed by atoms with Gasteiger partial charge in [0.25, 0.3) is 0 Å². The number of halogens is 2. The minimum Gasteiger partial charge on any atom is -0.480 e. The van der Waals surface area contributed by atoms with E-state index in [4.69, 9.17) is 26.2 Å². The summed E-state index contributed by atoms with van der Waals surface area (Å²) in [5, 5.41) is 9.47. The van der Waals surface area contributed by atoms with Crippen LogP contribution in [0.15, 0.2) is 36.4 Å². The average Bonchev–Trinajstić information content (AvgIpc) is 3.18. The third-order valence-electron chi connectivity index (χ3n) is 5.25. The number of ether oxygens (including phenoxy) is 2. The van der Waals surface area contributed by atoms with Crippen LogP contribution in [0.3, 0.4) is 0 Å². The molecular formula is C20H21ClFN3O4. The molecule has 3 heterocycles. The molecule has 2 saturated heterocycles. The van der Waals surface area contributed by atoms with Crippen LogP contribution >= 0.6 is 11.6 Å². The van der Waals surface area contributed by atoms with Crippen LogP contribution in [-0.4, -0.2) is 65.9 Å². The van der Waals surface area contributed by atoms with Gasteiger partial charge in [0.1, 0.15) is 18.2 Å². The van der Waals surface area contributed by atoms with Crippen LogP contribution in [0.25, 0.3) is 0 Å². The number of rotatable bonds is 6. The van der Waals surface area contributed by atoms with Crippen LogP contribution in [0.2, 0.25) is 5.02 Å². The van der Waals surface area contributed by atoms with Gasteiger partial charge in [0.15, 0.2) is 0 Å². The summed E-state index contributed by atoms with van der Waals surface area (Å²) < 4.78 is 25.3. The highest BCUT2D eigenvalue weighted by Crippen LogP contribution is 2.28. The Labute approximate surface area is 172 Å². The minimum absolute atomic E-state index is 0.00159. The molecule has 0 bridgehead atoms. The molecule has 1 aromatic carbocycles. The Balaban J connectivity index is 1.46. The number of nitrogens with zero attached hydrogens (tertiary/aromatic N) is 3. The van der Waals surface area contributed by atoms with E-state index in [1.165, 1.54) is 6.07 Å². The van der Waals surface area contributed by atoms with Crippen LogP contribution in [0.1, 0.15) is 5.56 Å². The Morgan fingerprint density at radius 3 is 2.90 bits per heavy atom. The van der Waals surface area contributed by atoms with Crippen LogP contribution in [0.4, 0.5) is 10.2 Å². The van der Waals surface area contributed by atoms with Gasteiger partial charge in [-0.05, 0) is 18.2 Å². The number of benzene rings is 1. The van der Waals surface area contributed by atoms with Crippen LogP contribution in [-0.2, 0) is 16.1 Å². The molecule has 1 N–H and O–H groups in total. The van der Waals surface area contributed by atoms with Crippen molar-refractivity contribution in [2.24, 2.45) is 0 Å². The zero-order valence-corrected chi connectivity index (χ0v) is 16.4. The molecular weight excluding hydrogens is 401 g/mol. The molecule has 0 radical (unpaired) electrons. The number of aromatic nitrogens is 1. The number of fused-ring (bicyclic) bond motifs is 1. The number of piperazine rings is 1. The maximum atomic E-state index is 13.9. The lowest BCUT2D eigenvalue weighted by Crippen LogP contribution is -2.60. The summed E-state index contributed by atoms with van der Waals surface area (Å²) >= 11 is 5.78. The number of carbonyl (C=O) groups is 1. The second kappa shape index (κ2) is 8.52. The van der Waals surface area contributed by atoms with Gasteiger partial charge in [-0.2, -0.15) is 4.98 Å². The van der Waals surface area contributed by atoms with Crippen molar-refractivity contribution in [1.29, 1.82) is 0 Å². The number of hydrogen-bond donors (Lipinski definition) is 1. The van der Waals surface area contributed by atoms with Gasteiger partial charge in [-0.3, -0.25) is 9.69 Å². The summed E-state index contributed by atoms with van der Waals surface area (Å²) in [4.78, 5) is 19.8. The van der Waals surface area contributed by atoms with Gasteiger partial charge in [-0.25, -0.2) is 4.39 Å². The number of aliphatic carboxylic acids is 1. The Bertz CT molecular complexity index is 900. The molecule has 4 rings (SSSR count). The number of hydrogen-bond acceptors (Lipinski definition) is 6. The summed E-state index contributed by atoms with van der Waals surface area (Å²) in [6.07, 6.45) is 0. The molecule has 2 aromatic rings. The highest BCUT2D eigenvalue weighted by atomic mass is 35.5. The fourth-order valence-electron chi connectivity index (χ4n) is 3.84. The summed E-state index contributed by atoms with van der Waals surface area (Å²) in [7, 11) is 0. The molecule has 0 aliphatic carbocycles. The molecule has 0 unspecified atom stereocenters. The van der Waals surface area contributed by atoms with E-state index in [0.29, 0.717) is 42.8 Å². The first-order chi connectivity index (χ1) is 14.0. The van der Waals surface area contributed by atoms with Crippen molar-refractivity contribution >= 4 is 23.4 Å². The van der Waals surface area contributed by atoms with Crippen LogP contribution < -0.4 is 9.64 Å². The first kappa shape index (κ1) is 19.9. The molecule has 7 nitrogen and oxygen atoms in total. The molecule has 9 heteroatoms. The van der Waals surface area contributed by atoms with Crippen molar-refractivity contribution in [3.05, 3.63) is 52.8 Å². The van der Waals surface area contributed by atoms with E-state index in [1.807, 2.05) is 17.0 Å².